The average molecular weight is 358 g/mol. The Bertz CT molecular complexity index is 716. The topological polar surface area (TPSA) is 68.8 Å². The molecule has 2 N–H and O–H groups in total. The van der Waals surface area contributed by atoms with Crippen LogP contribution in [0.2, 0.25) is 0 Å². The molecule has 2 aromatic rings. The minimum Gasteiger partial charge on any atom is -0.497 e. The number of urea groups is 1. The first kappa shape index (κ1) is 19.4. The van der Waals surface area contributed by atoms with E-state index in [1.807, 2.05) is 49.4 Å². The quantitative estimate of drug-likeness (QED) is 0.760. The van der Waals surface area contributed by atoms with Crippen molar-refractivity contribution in [3.8, 4) is 17.2 Å². The maximum atomic E-state index is 12.1. The third-order valence-electron chi connectivity index (χ3n) is 4.11. The molecule has 0 bridgehead atoms. The molecule has 6 nitrogen and oxygen atoms in total. The number of ether oxygens (including phenoxy) is 3. The zero-order valence-corrected chi connectivity index (χ0v) is 15.7. The van der Waals surface area contributed by atoms with E-state index in [1.54, 1.807) is 21.3 Å². The first-order chi connectivity index (χ1) is 12.6. The monoisotopic (exact) mass is 358 g/mol. The van der Waals surface area contributed by atoms with E-state index >= 15 is 0 Å². The lowest BCUT2D eigenvalue weighted by Crippen LogP contribution is -2.38. The zero-order valence-electron chi connectivity index (χ0n) is 15.7. The Balaban J connectivity index is 1.82. The zero-order chi connectivity index (χ0) is 18.9. The summed E-state index contributed by atoms with van der Waals surface area (Å²) in [7, 11) is 4.82. The molecule has 2 rings (SSSR count). The summed E-state index contributed by atoms with van der Waals surface area (Å²) >= 11 is 0. The van der Waals surface area contributed by atoms with Crippen molar-refractivity contribution in [2.24, 2.45) is 0 Å². The van der Waals surface area contributed by atoms with Gasteiger partial charge in [0.25, 0.3) is 0 Å². The summed E-state index contributed by atoms with van der Waals surface area (Å²) in [6.45, 7) is 2.47. The smallest absolute Gasteiger partial charge is 0.315 e. The first-order valence-electron chi connectivity index (χ1n) is 8.46. The Kier molecular flexibility index (Phi) is 7.14. The Morgan fingerprint density at radius 1 is 0.962 bits per heavy atom. The average Bonchev–Trinajstić information content (AvgIpc) is 2.67. The lowest BCUT2D eigenvalue weighted by Gasteiger charge is -2.17. The van der Waals surface area contributed by atoms with Crippen LogP contribution in [0.3, 0.4) is 0 Å². The molecule has 0 aliphatic rings. The molecule has 2 aromatic carbocycles. The third kappa shape index (κ3) is 5.31. The van der Waals surface area contributed by atoms with Gasteiger partial charge in [0, 0.05) is 6.54 Å². The van der Waals surface area contributed by atoms with E-state index in [2.05, 4.69) is 10.6 Å². The number of rotatable bonds is 8. The van der Waals surface area contributed by atoms with Gasteiger partial charge in [-0.15, -0.1) is 0 Å². The van der Waals surface area contributed by atoms with Crippen LogP contribution in [-0.2, 0) is 6.42 Å². The highest BCUT2D eigenvalue weighted by atomic mass is 16.5. The molecule has 0 aromatic heterocycles. The fraction of sp³-hybridized carbons (Fsp3) is 0.350. The maximum Gasteiger partial charge on any atom is 0.315 e. The van der Waals surface area contributed by atoms with Gasteiger partial charge in [-0.3, -0.25) is 0 Å². The van der Waals surface area contributed by atoms with Crippen molar-refractivity contribution in [2.45, 2.75) is 19.4 Å². The highest BCUT2D eigenvalue weighted by Crippen LogP contribution is 2.29. The van der Waals surface area contributed by atoms with Crippen LogP contribution in [0.25, 0.3) is 0 Å². The summed E-state index contributed by atoms with van der Waals surface area (Å²) in [5, 5.41) is 5.80. The van der Waals surface area contributed by atoms with Gasteiger partial charge in [-0.2, -0.15) is 0 Å². The van der Waals surface area contributed by atoms with E-state index < -0.39 is 0 Å². The van der Waals surface area contributed by atoms with Crippen molar-refractivity contribution >= 4 is 6.03 Å². The molecular formula is C20H26N2O4. The Morgan fingerprint density at radius 3 is 2.27 bits per heavy atom. The predicted octanol–water partition coefficient (Wildman–Crippen LogP) is 3.32. The highest BCUT2D eigenvalue weighted by molar-refractivity contribution is 5.74. The van der Waals surface area contributed by atoms with Crippen LogP contribution in [-0.4, -0.2) is 33.9 Å². The molecule has 0 heterocycles. The van der Waals surface area contributed by atoms with Crippen LogP contribution in [0.5, 0.6) is 17.2 Å². The SMILES string of the molecule is COc1ccc(CCNC(=O)NC(C)c2ccc(OC)c(OC)c2)cc1. The van der Waals surface area contributed by atoms with Gasteiger partial charge >= 0.3 is 6.03 Å². The second-order valence-electron chi connectivity index (χ2n) is 5.83. The van der Waals surface area contributed by atoms with E-state index in [-0.39, 0.29) is 12.1 Å². The third-order valence-corrected chi connectivity index (χ3v) is 4.11. The number of carbonyl (C=O) groups excluding carboxylic acids is 1. The summed E-state index contributed by atoms with van der Waals surface area (Å²) in [5.74, 6) is 2.12. The summed E-state index contributed by atoms with van der Waals surface area (Å²) in [6.07, 6.45) is 0.752. The molecule has 1 atom stereocenters. The van der Waals surface area contributed by atoms with Gasteiger partial charge in [0.1, 0.15) is 5.75 Å². The van der Waals surface area contributed by atoms with Crippen molar-refractivity contribution in [2.75, 3.05) is 27.9 Å². The molecule has 2 amide bonds. The van der Waals surface area contributed by atoms with Crippen LogP contribution >= 0.6 is 0 Å². The van der Waals surface area contributed by atoms with Crippen molar-refractivity contribution in [1.29, 1.82) is 0 Å². The first-order valence-corrected chi connectivity index (χ1v) is 8.46. The van der Waals surface area contributed by atoms with E-state index in [0.29, 0.717) is 18.0 Å². The van der Waals surface area contributed by atoms with Crippen LogP contribution in [0.1, 0.15) is 24.1 Å². The molecule has 26 heavy (non-hydrogen) atoms. The molecule has 0 aliphatic heterocycles. The second kappa shape index (κ2) is 9.56. The van der Waals surface area contributed by atoms with Crippen LogP contribution in [0.15, 0.2) is 42.5 Å². The molecule has 0 aliphatic carbocycles. The fourth-order valence-electron chi connectivity index (χ4n) is 2.57. The number of benzene rings is 2. The number of hydrogen-bond donors (Lipinski definition) is 2. The maximum absolute atomic E-state index is 12.1. The Hall–Kier alpha value is -2.89. The summed E-state index contributed by atoms with van der Waals surface area (Å²) in [5.41, 5.74) is 2.08. The van der Waals surface area contributed by atoms with E-state index in [4.69, 9.17) is 14.2 Å². The summed E-state index contributed by atoms with van der Waals surface area (Å²) in [4.78, 5) is 12.1. The van der Waals surface area contributed by atoms with Gasteiger partial charge in [0.15, 0.2) is 11.5 Å². The predicted molar refractivity (Wildman–Crippen MR) is 101 cm³/mol. The van der Waals surface area contributed by atoms with Crippen LogP contribution in [0, 0.1) is 0 Å². The highest BCUT2D eigenvalue weighted by Gasteiger charge is 2.12. The van der Waals surface area contributed by atoms with Crippen molar-refractivity contribution in [1.82, 2.24) is 10.6 Å². The summed E-state index contributed by atoms with van der Waals surface area (Å²) < 4.78 is 15.7. The lowest BCUT2D eigenvalue weighted by atomic mass is 10.1. The molecule has 0 saturated carbocycles. The standard InChI is InChI=1S/C20H26N2O4/c1-14(16-7-10-18(25-3)19(13-16)26-4)22-20(23)21-12-11-15-5-8-17(24-2)9-6-15/h5-10,13-14H,11-12H2,1-4H3,(H2,21,22,23). The van der Waals surface area contributed by atoms with Gasteiger partial charge in [0.05, 0.1) is 27.4 Å². The molecule has 0 fully saturated rings. The number of nitrogens with one attached hydrogen (secondary N) is 2. The summed E-state index contributed by atoms with van der Waals surface area (Å²) in [6, 6.07) is 13.0. The minimum atomic E-state index is -0.208. The number of methoxy groups -OCH3 is 3. The number of hydrogen-bond acceptors (Lipinski definition) is 4. The van der Waals surface area contributed by atoms with Gasteiger partial charge < -0.3 is 24.8 Å². The Morgan fingerprint density at radius 2 is 1.65 bits per heavy atom. The van der Waals surface area contributed by atoms with Crippen LogP contribution < -0.4 is 24.8 Å². The lowest BCUT2D eigenvalue weighted by molar-refractivity contribution is 0.238. The molecule has 1 unspecified atom stereocenters. The van der Waals surface area contributed by atoms with Crippen molar-refractivity contribution in [3.63, 3.8) is 0 Å². The van der Waals surface area contributed by atoms with Gasteiger partial charge in [-0.05, 0) is 48.7 Å². The molecular weight excluding hydrogens is 332 g/mol. The molecule has 0 radical (unpaired) electrons. The second-order valence-corrected chi connectivity index (χ2v) is 5.83. The fourth-order valence-corrected chi connectivity index (χ4v) is 2.57. The number of amides is 2. The minimum absolute atomic E-state index is 0.157. The van der Waals surface area contributed by atoms with E-state index in [9.17, 15) is 4.79 Å². The van der Waals surface area contributed by atoms with E-state index in [0.717, 1.165) is 23.3 Å². The number of carbonyl (C=O) groups is 1. The van der Waals surface area contributed by atoms with Crippen molar-refractivity contribution in [3.05, 3.63) is 53.6 Å². The molecule has 0 spiro atoms. The van der Waals surface area contributed by atoms with Crippen LogP contribution in [0.4, 0.5) is 4.79 Å². The molecule has 0 saturated heterocycles. The van der Waals surface area contributed by atoms with Gasteiger partial charge in [0.2, 0.25) is 0 Å². The Labute approximate surface area is 154 Å². The van der Waals surface area contributed by atoms with Crippen molar-refractivity contribution < 1.29 is 19.0 Å². The normalized spacial score (nSPS) is 11.4. The largest absolute Gasteiger partial charge is 0.497 e. The van der Waals surface area contributed by atoms with E-state index in [1.165, 1.54) is 0 Å². The molecule has 140 valence electrons. The van der Waals surface area contributed by atoms with Gasteiger partial charge in [-0.25, -0.2) is 4.79 Å². The van der Waals surface area contributed by atoms with Gasteiger partial charge in [-0.1, -0.05) is 18.2 Å². The molecule has 6 heteroatoms.